The highest BCUT2D eigenvalue weighted by Gasteiger charge is 2.41. The van der Waals surface area contributed by atoms with E-state index in [1.54, 1.807) is 31.4 Å². The molecule has 0 aromatic heterocycles. The SMILES string of the molecule is COCCCN1C(=O)C(c2ccc(Cl)cc2)=C(N2CCCC2)C1=O. The van der Waals surface area contributed by atoms with Crippen molar-refractivity contribution < 1.29 is 14.3 Å². The van der Waals surface area contributed by atoms with E-state index in [4.69, 9.17) is 16.3 Å². The first-order chi connectivity index (χ1) is 11.6. The predicted octanol–water partition coefficient (Wildman–Crippen LogP) is 2.55. The Balaban J connectivity index is 1.96. The molecule has 0 unspecified atom stereocenters. The molecule has 128 valence electrons. The summed E-state index contributed by atoms with van der Waals surface area (Å²) in [5, 5.41) is 0.607. The van der Waals surface area contributed by atoms with Crippen molar-refractivity contribution in [1.29, 1.82) is 0 Å². The maximum atomic E-state index is 12.9. The van der Waals surface area contributed by atoms with E-state index in [0.29, 0.717) is 35.9 Å². The van der Waals surface area contributed by atoms with Crippen LogP contribution in [0.15, 0.2) is 30.0 Å². The lowest BCUT2D eigenvalue weighted by Crippen LogP contribution is -2.35. The third kappa shape index (κ3) is 3.19. The van der Waals surface area contributed by atoms with Gasteiger partial charge in [0, 0.05) is 38.4 Å². The van der Waals surface area contributed by atoms with Crippen molar-refractivity contribution >= 4 is 29.0 Å². The van der Waals surface area contributed by atoms with E-state index in [-0.39, 0.29) is 11.8 Å². The summed E-state index contributed by atoms with van der Waals surface area (Å²) < 4.78 is 5.04. The summed E-state index contributed by atoms with van der Waals surface area (Å²) in [7, 11) is 1.61. The Labute approximate surface area is 146 Å². The molecule has 0 saturated carbocycles. The standard InChI is InChI=1S/C18H21ClN2O3/c1-24-12-4-11-21-17(22)15(13-5-7-14(19)8-6-13)16(18(21)23)20-9-2-3-10-20/h5-8H,2-4,9-12H2,1H3. The topological polar surface area (TPSA) is 49.9 Å². The summed E-state index contributed by atoms with van der Waals surface area (Å²) in [6.07, 6.45) is 2.72. The molecule has 1 saturated heterocycles. The van der Waals surface area contributed by atoms with Gasteiger partial charge in [-0.15, -0.1) is 0 Å². The number of carbonyl (C=O) groups excluding carboxylic acids is 2. The molecule has 5 nitrogen and oxygen atoms in total. The average Bonchev–Trinajstić information content (AvgIpc) is 3.17. The second-order valence-corrected chi connectivity index (χ2v) is 6.47. The van der Waals surface area contributed by atoms with Gasteiger partial charge >= 0.3 is 0 Å². The highest BCUT2D eigenvalue weighted by Crippen LogP contribution is 2.33. The summed E-state index contributed by atoms with van der Waals surface area (Å²) in [5.41, 5.74) is 1.78. The van der Waals surface area contributed by atoms with Gasteiger partial charge in [-0.2, -0.15) is 0 Å². The molecule has 1 aromatic carbocycles. The molecule has 2 amide bonds. The van der Waals surface area contributed by atoms with Crippen LogP contribution < -0.4 is 0 Å². The van der Waals surface area contributed by atoms with Crippen molar-refractivity contribution in [2.45, 2.75) is 19.3 Å². The maximum absolute atomic E-state index is 12.9. The highest BCUT2D eigenvalue weighted by atomic mass is 35.5. The Bertz CT molecular complexity index is 663. The lowest BCUT2D eigenvalue weighted by molar-refractivity contribution is -0.137. The molecule has 3 rings (SSSR count). The molecule has 0 aliphatic carbocycles. The van der Waals surface area contributed by atoms with Crippen LogP contribution in [0.25, 0.3) is 5.57 Å². The summed E-state index contributed by atoms with van der Waals surface area (Å²) in [4.78, 5) is 29.2. The van der Waals surface area contributed by atoms with Crippen molar-refractivity contribution in [3.63, 3.8) is 0 Å². The van der Waals surface area contributed by atoms with Crippen LogP contribution in [0, 0.1) is 0 Å². The number of ether oxygens (including phenoxy) is 1. The molecule has 1 fully saturated rings. The third-order valence-corrected chi connectivity index (χ3v) is 4.68. The summed E-state index contributed by atoms with van der Waals surface area (Å²) in [5.74, 6) is -0.414. The second kappa shape index (κ2) is 7.36. The number of likely N-dealkylation sites (tertiary alicyclic amines) is 1. The van der Waals surface area contributed by atoms with E-state index in [1.807, 2.05) is 4.90 Å². The predicted molar refractivity (Wildman–Crippen MR) is 92.4 cm³/mol. The first-order valence-electron chi connectivity index (χ1n) is 8.24. The van der Waals surface area contributed by atoms with Crippen LogP contribution in [0.5, 0.6) is 0 Å². The van der Waals surface area contributed by atoms with E-state index in [9.17, 15) is 9.59 Å². The number of imide groups is 1. The minimum absolute atomic E-state index is 0.192. The summed E-state index contributed by atoms with van der Waals surface area (Å²) in [6, 6.07) is 7.10. The molecular formula is C18H21ClN2O3. The van der Waals surface area contributed by atoms with Crippen molar-refractivity contribution in [3.05, 3.63) is 40.5 Å². The van der Waals surface area contributed by atoms with Crippen LogP contribution in [0.2, 0.25) is 5.02 Å². The van der Waals surface area contributed by atoms with E-state index in [0.717, 1.165) is 31.5 Å². The summed E-state index contributed by atoms with van der Waals surface area (Å²) in [6.45, 7) is 2.53. The first-order valence-corrected chi connectivity index (χ1v) is 8.61. The van der Waals surface area contributed by atoms with Gasteiger partial charge in [0.1, 0.15) is 5.70 Å². The largest absolute Gasteiger partial charge is 0.385 e. The minimum atomic E-state index is -0.222. The number of benzene rings is 1. The highest BCUT2D eigenvalue weighted by molar-refractivity contribution is 6.36. The monoisotopic (exact) mass is 348 g/mol. The van der Waals surface area contributed by atoms with Crippen molar-refractivity contribution in [2.75, 3.05) is 33.4 Å². The van der Waals surface area contributed by atoms with Crippen LogP contribution in [0.3, 0.4) is 0 Å². The smallest absolute Gasteiger partial charge is 0.277 e. The van der Waals surface area contributed by atoms with Crippen LogP contribution in [-0.2, 0) is 14.3 Å². The number of amides is 2. The lowest BCUT2D eigenvalue weighted by Gasteiger charge is -2.20. The van der Waals surface area contributed by atoms with Crippen LogP contribution >= 0.6 is 11.6 Å². The normalized spacial score (nSPS) is 18.2. The number of rotatable bonds is 6. The molecule has 0 spiro atoms. The van der Waals surface area contributed by atoms with Crippen molar-refractivity contribution in [3.8, 4) is 0 Å². The van der Waals surface area contributed by atoms with Gasteiger partial charge in [0.2, 0.25) is 0 Å². The molecular weight excluding hydrogens is 328 g/mol. The Morgan fingerprint density at radius 2 is 1.75 bits per heavy atom. The van der Waals surface area contributed by atoms with Gasteiger partial charge in [0.15, 0.2) is 0 Å². The fraction of sp³-hybridized carbons (Fsp3) is 0.444. The average molecular weight is 349 g/mol. The zero-order valence-corrected chi connectivity index (χ0v) is 14.5. The Morgan fingerprint density at radius 3 is 2.38 bits per heavy atom. The van der Waals surface area contributed by atoms with Gasteiger partial charge in [-0.1, -0.05) is 23.7 Å². The number of halogens is 1. The molecule has 0 N–H and O–H groups in total. The molecule has 6 heteroatoms. The van der Waals surface area contributed by atoms with E-state index in [1.165, 1.54) is 4.90 Å². The number of carbonyl (C=O) groups is 2. The molecule has 2 heterocycles. The van der Waals surface area contributed by atoms with E-state index in [2.05, 4.69) is 0 Å². The van der Waals surface area contributed by atoms with Crippen LogP contribution in [0.4, 0.5) is 0 Å². The van der Waals surface area contributed by atoms with E-state index < -0.39 is 0 Å². The Hall–Kier alpha value is -1.85. The van der Waals surface area contributed by atoms with Crippen molar-refractivity contribution in [2.24, 2.45) is 0 Å². The molecule has 24 heavy (non-hydrogen) atoms. The van der Waals surface area contributed by atoms with Gasteiger partial charge in [-0.3, -0.25) is 14.5 Å². The fourth-order valence-electron chi connectivity index (χ4n) is 3.24. The molecule has 0 bridgehead atoms. The minimum Gasteiger partial charge on any atom is -0.385 e. The quantitative estimate of drug-likeness (QED) is 0.585. The van der Waals surface area contributed by atoms with Gasteiger partial charge in [0.25, 0.3) is 11.8 Å². The lowest BCUT2D eigenvalue weighted by atomic mass is 10.0. The molecule has 2 aliphatic rings. The first kappa shape index (κ1) is 17.0. The van der Waals surface area contributed by atoms with Crippen LogP contribution in [0.1, 0.15) is 24.8 Å². The summed E-state index contributed by atoms with van der Waals surface area (Å²) >= 11 is 5.96. The molecule has 0 radical (unpaired) electrons. The van der Waals surface area contributed by atoms with Gasteiger partial charge in [-0.05, 0) is 37.0 Å². The fourth-order valence-corrected chi connectivity index (χ4v) is 3.37. The van der Waals surface area contributed by atoms with Gasteiger partial charge < -0.3 is 9.64 Å². The zero-order valence-electron chi connectivity index (χ0n) is 13.8. The van der Waals surface area contributed by atoms with Crippen LogP contribution in [-0.4, -0.2) is 55.0 Å². The number of methoxy groups -OCH3 is 1. The molecule has 2 aliphatic heterocycles. The van der Waals surface area contributed by atoms with Gasteiger partial charge in [0.05, 0.1) is 5.57 Å². The Kier molecular flexibility index (Phi) is 5.21. The van der Waals surface area contributed by atoms with Crippen molar-refractivity contribution in [1.82, 2.24) is 9.80 Å². The van der Waals surface area contributed by atoms with Gasteiger partial charge in [-0.25, -0.2) is 0 Å². The zero-order chi connectivity index (χ0) is 17.1. The maximum Gasteiger partial charge on any atom is 0.277 e. The van der Waals surface area contributed by atoms with E-state index >= 15 is 0 Å². The number of nitrogens with zero attached hydrogens (tertiary/aromatic N) is 2. The molecule has 1 aromatic rings. The Morgan fingerprint density at radius 1 is 1.08 bits per heavy atom. The molecule has 0 atom stereocenters. The second-order valence-electron chi connectivity index (χ2n) is 6.03. The number of hydrogen-bond acceptors (Lipinski definition) is 4. The number of hydrogen-bond donors (Lipinski definition) is 0. The third-order valence-electron chi connectivity index (χ3n) is 4.43.